The average molecular weight is 480 g/mol. The Labute approximate surface area is 202 Å². The SMILES string of the molecule is Cc1c(C(=O)NCC2OCCc3ccccc32)sc2ncnc(NCCCN3CCCC3=O)c12. The summed E-state index contributed by atoms with van der Waals surface area (Å²) >= 11 is 1.38. The lowest BCUT2D eigenvalue weighted by Gasteiger charge is -2.26. The average Bonchev–Trinajstić information content (AvgIpc) is 3.43. The van der Waals surface area contributed by atoms with Crippen molar-refractivity contribution >= 4 is 39.2 Å². The van der Waals surface area contributed by atoms with Gasteiger partial charge in [-0.15, -0.1) is 11.3 Å². The largest absolute Gasteiger partial charge is 0.371 e. The van der Waals surface area contributed by atoms with Gasteiger partial charge >= 0.3 is 0 Å². The molecule has 1 atom stereocenters. The Bertz CT molecular complexity index is 1210. The molecule has 3 aromatic rings. The van der Waals surface area contributed by atoms with Crippen LogP contribution >= 0.6 is 11.3 Å². The van der Waals surface area contributed by atoms with Crippen LogP contribution < -0.4 is 10.6 Å². The van der Waals surface area contributed by atoms with Gasteiger partial charge in [0, 0.05) is 32.6 Å². The molecular weight excluding hydrogens is 450 g/mol. The molecule has 1 saturated heterocycles. The van der Waals surface area contributed by atoms with E-state index in [0.717, 1.165) is 59.5 Å². The summed E-state index contributed by atoms with van der Waals surface area (Å²) in [5.41, 5.74) is 3.31. The number of nitrogens with zero attached hydrogens (tertiary/aromatic N) is 3. The normalized spacial score (nSPS) is 17.7. The standard InChI is InChI=1S/C25H29N5O3S/c1-16-21-23(26-10-5-12-30-11-4-8-20(30)31)28-15-29-25(21)34-22(16)24(32)27-14-19-18-7-3-2-6-17(18)9-13-33-19/h2-3,6-7,15,19H,4-5,8-14H2,1H3,(H,27,32)(H,26,28,29). The molecule has 1 fully saturated rings. The third-order valence-corrected chi connectivity index (χ3v) is 7.74. The second kappa shape index (κ2) is 10.1. The maximum atomic E-state index is 13.1. The molecule has 8 nitrogen and oxygen atoms in total. The lowest BCUT2D eigenvalue weighted by molar-refractivity contribution is -0.127. The van der Waals surface area contributed by atoms with Crippen LogP contribution in [0.1, 0.15) is 51.7 Å². The second-order valence-electron chi connectivity index (χ2n) is 8.74. The van der Waals surface area contributed by atoms with E-state index < -0.39 is 0 Å². The number of likely N-dealkylation sites (tertiary alicyclic amines) is 1. The first kappa shape index (κ1) is 22.7. The zero-order chi connectivity index (χ0) is 23.5. The van der Waals surface area contributed by atoms with Crippen molar-refractivity contribution in [2.75, 3.05) is 38.1 Å². The molecule has 9 heteroatoms. The molecule has 1 unspecified atom stereocenters. The lowest BCUT2D eigenvalue weighted by atomic mass is 9.97. The number of amides is 2. The first-order chi connectivity index (χ1) is 16.6. The fraction of sp³-hybridized carbons (Fsp3) is 0.440. The molecule has 0 saturated carbocycles. The molecule has 5 rings (SSSR count). The Morgan fingerprint density at radius 3 is 3.00 bits per heavy atom. The molecule has 1 aromatic carbocycles. The van der Waals surface area contributed by atoms with Crippen molar-refractivity contribution in [2.24, 2.45) is 0 Å². The summed E-state index contributed by atoms with van der Waals surface area (Å²) in [6.07, 6.45) is 4.76. The highest BCUT2D eigenvalue weighted by Crippen LogP contribution is 2.33. The van der Waals surface area contributed by atoms with Gasteiger partial charge in [-0.05, 0) is 42.9 Å². The quantitative estimate of drug-likeness (QED) is 0.481. The summed E-state index contributed by atoms with van der Waals surface area (Å²) < 4.78 is 5.93. The molecule has 2 aliphatic heterocycles. The van der Waals surface area contributed by atoms with E-state index in [9.17, 15) is 9.59 Å². The molecule has 0 bridgehead atoms. The minimum atomic E-state index is -0.136. The van der Waals surface area contributed by atoms with Crippen molar-refractivity contribution in [1.82, 2.24) is 20.2 Å². The van der Waals surface area contributed by atoms with Crippen LogP contribution in [0.25, 0.3) is 10.2 Å². The Hall–Kier alpha value is -3.04. The van der Waals surface area contributed by atoms with Crippen LogP contribution in [0.5, 0.6) is 0 Å². The third kappa shape index (κ3) is 4.63. The van der Waals surface area contributed by atoms with Crippen molar-refractivity contribution in [3.63, 3.8) is 0 Å². The van der Waals surface area contributed by atoms with Crippen molar-refractivity contribution in [3.05, 3.63) is 52.2 Å². The number of fused-ring (bicyclic) bond motifs is 2. The summed E-state index contributed by atoms with van der Waals surface area (Å²) in [6, 6.07) is 8.25. The van der Waals surface area contributed by atoms with Crippen molar-refractivity contribution in [1.29, 1.82) is 0 Å². The molecule has 178 valence electrons. The number of aryl methyl sites for hydroxylation is 1. The van der Waals surface area contributed by atoms with Crippen LogP contribution in [0.3, 0.4) is 0 Å². The fourth-order valence-electron chi connectivity index (χ4n) is 4.75. The number of anilines is 1. The molecular formula is C25H29N5O3S. The van der Waals surface area contributed by atoms with Crippen LogP contribution in [0.2, 0.25) is 0 Å². The number of ether oxygens (including phenoxy) is 1. The van der Waals surface area contributed by atoms with Crippen LogP contribution in [0.4, 0.5) is 5.82 Å². The number of thiophene rings is 1. The first-order valence-electron chi connectivity index (χ1n) is 11.8. The highest BCUT2D eigenvalue weighted by molar-refractivity contribution is 7.20. The monoisotopic (exact) mass is 479 g/mol. The van der Waals surface area contributed by atoms with Gasteiger partial charge in [-0.3, -0.25) is 9.59 Å². The van der Waals surface area contributed by atoms with Crippen LogP contribution in [-0.4, -0.2) is 59.5 Å². The summed E-state index contributed by atoms with van der Waals surface area (Å²) in [5, 5.41) is 7.32. The smallest absolute Gasteiger partial charge is 0.261 e. The number of benzene rings is 1. The minimum Gasteiger partial charge on any atom is -0.371 e. The molecule has 4 heterocycles. The topological polar surface area (TPSA) is 96.4 Å². The van der Waals surface area contributed by atoms with Gasteiger partial charge in [0.05, 0.1) is 16.9 Å². The highest BCUT2D eigenvalue weighted by Gasteiger charge is 2.24. The second-order valence-corrected chi connectivity index (χ2v) is 9.74. The predicted octanol–water partition coefficient (Wildman–Crippen LogP) is 3.47. The molecule has 0 spiro atoms. The van der Waals surface area contributed by atoms with E-state index >= 15 is 0 Å². The van der Waals surface area contributed by atoms with E-state index in [1.54, 1.807) is 0 Å². The van der Waals surface area contributed by atoms with Crippen LogP contribution in [0, 0.1) is 6.92 Å². The zero-order valence-electron chi connectivity index (χ0n) is 19.3. The van der Waals surface area contributed by atoms with Crippen molar-refractivity contribution in [2.45, 2.75) is 38.7 Å². The number of carbonyl (C=O) groups is 2. The number of hydrogen-bond acceptors (Lipinski definition) is 7. The molecule has 34 heavy (non-hydrogen) atoms. The molecule has 0 radical (unpaired) electrons. The van der Waals surface area contributed by atoms with Crippen molar-refractivity contribution < 1.29 is 14.3 Å². The third-order valence-electron chi connectivity index (χ3n) is 6.54. The summed E-state index contributed by atoms with van der Waals surface area (Å²) in [5.74, 6) is 0.858. The van der Waals surface area contributed by atoms with Gasteiger partial charge in [0.2, 0.25) is 5.91 Å². The van der Waals surface area contributed by atoms with Gasteiger partial charge in [-0.1, -0.05) is 24.3 Å². The van der Waals surface area contributed by atoms with Gasteiger partial charge < -0.3 is 20.3 Å². The predicted molar refractivity (Wildman–Crippen MR) is 132 cm³/mol. The lowest BCUT2D eigenvalue weighted by Crippen LogP contribution is -2.31. The Kier molecular flexibility index (Phi) is 6.73. The van der Waals surface area contributed by atoms with E-state index in [0.29, 0.717) is 31.0 Å². The van der Waals surface area contributed by atoms with E-state index in [2.05, 4.69) is 32.7 Å². The minimum absolute atomic E-state index is 0.120. The Morgan fingerprint density at radius 2 is 2.15 bits per heavy atom. The van der Waals surface area contributed by atoms with Gasteiger partial charge in [0.25, 0.3) is 5.91 Å². The van der Waals surface area contributed by atoms with Gasteiger partial charge in [-0.25, -0.2) is 9.97 Å². The molecule has 2 amide bonds. The van der Waals surface area contributed by atoms with Crippen LogP contribution in [-0.2, 0) is 16.0 Å². The van der Waals surface area contributed by atoms with Gasteiger partial charge in [0.15, 0.2) is 0 Å². The van der Waals surface area contributed by atoms with E-state index in [1.165, 1.54) is 23.2 Å². The molecule has 2 aromatic heterocycles. The Balaban J connectivity index is 1.24. The maximum Gasteiger partial charge on any atom is 0.261 e. The molecule has 2 N–H and O–H groups in total. The number of carbonyl (C=O) groups excluding carboxylic acids is 2. The highest BCUT2D eigenvalue weighted by atomic mass is 32.1. The van der Waals surface area contributed by atoms with E-state index in [-0.39, 0.29) is 17.9 Å². The fourth-order valence-corrected chi connectivity index (χ4v) is 5.82. The number of hydrogen-bond donors (Lipinski definition) is 2. The van der Waals surface area contributed by atoms with Crippen molar-refractivity contribution in [3.8, 4) is 0 Å². The molecule has 0 aliphatic carbocycles. The number of nitrogens with one attached hydrogen (secondary N) is 2. The molecule has 2 aliphatic rings. The maximum absolute atomic E-state index is 13.1. The van der Waals surface area contributed by atoms with Gasteiger partial charge in [0.1, 0.15) is 23.1 Å². The summed E-state index contributed by atoms with van der Waals surface area (Å²) in [4.78, 5) is 37.0. The number of rotatable bonds is 8. The van der Waals surface area contributed by atoms with Crippen LogP contribution in [0.15, 0.2) is 30.6 Å². The first-order valence-corrected chi connectivity index (χ1v) is 12.7. The Morgan fingerprint density at radius 1 is 1.26 bits per heavy atom. The number of aromatic nitrogens is 2. The van der Waals surface area contributed by atoms with E-state index in [1.807, 2.05) is 24.0 Å². The van der Waals surface area contributed by atoms with E-state index in [4.69, 9.17) is 4.74 Å². The summed E-state index contributed by atoms with van der Waals surface area (Å²) in [7, 11) is 0. The summed E-state index contributed by atoms with van der Waals surface area (Å²) in [6.45, 7) is 5.34. The van der Waals surface area contributed by atoms with Gasteiger partial charge in [-0.2, -0.15) is 0 Å². The zero-order valence-corrected chi connectivity index (χ0v) is 20.1.